The molecule has 2 rings (SSSR count). The normalized spacial score (nSPS) is 20.2. The van der Waals surface area contributed by atoms with Gasteiger partial charge in [0.1, 0.15) is 0 Å². The Labute approximate surface area is 96.2 Å². The summed E-state index contributed by atoms with van der Waals surface area (Å²) in [6.07, 6.45) is 5.11. The standard InChI is InChI=1S/C12H20N2O2/c1-14(8-11-2-7-16-9-11)10-12(15)3-5-13-6-4-12/h2,7,9,13,15H,3-6,8,10H2,1H3. The molecule has 0 unspecified atom stereocenters. The van der Waals surface area contributed by atoms with Crippen molar-refractivity contribution in [2.75, 3.05) is 26.7 Å². The van der Waals surface area contributed by atoms with E-state index < -0.39 is 5.60 Å². The summed E-state index contributed by atoms with van der Waals surface area (Å²) in [6.45, 7) is 3.37. The van der Waals surface area contributed by atoms with Crippen LogP contribution in [0.2, 0.25) is 0 Å². The molecule has 0 saturated carbocycles. The van der Waals surface area contributed by atoms with E-state index in [0.717, 1.165) is 44.6 Å². The van der Waals surface area contributed by atoms with Crippen molar-refractivity contribution in [2.45, 2.75) is 25.0 Å². The Morgan fingerprint density at radius 2 is 2.25 bits per heavy atom. The molecule has 0 radical (unpaired) electrons. The molecule has 16 heavy (non-hydrogen) atoms. The van der Waals surface area contributed by atoms with Crippen LogP contribution in [0.15, 0.2) is 23.0 Å². The Morgan fingerprint density at radius 1 is 1.50 bits per heavy atom. The fourth-order valence-corrected chi connectivity index (χ4v) is 2.30. The van der Waals surface area contributed by atoms with Crippen LogP contribution in [0, 0.1) is 0 Å². The van der Waals surface area contributed by atoms with Gasteiger partial charge in [0, 0.05) is 18.7 Å². The van der Waals surface area contributed by atoms with Crippen LogP contribution in [0.25, 0.3) is 0 Å². The minimum atomic E-state index is -0.524. The van der Waals surface area contributed by atoms with Crippen molar-refractivity contribution in [3.05, 3.63) is 24.2 Å². The maximum atomic E-state index is 10.4. The minimum Gasteiger partial charge on any atom is -0.472 e. The monoisotopic (exact) mass is 224 g/mol. The van der Waals surface area contributed by atoms with Crippen LogP contribution < -0.4 is 5.32 Å². The Balaban J connectivity index is 1.84. The van der Waals surface area contributed by atoms with Crippen LogP contribution in [-0.4, -0.2) is 42.3 Å². The summed E-state index contributed by atoms with van der Waals surface area (Å²) in [5.41, 5.74) is 0.629. The summed E-state index contributed by atoms with van der Waals surface area (Å²) in [5.74, 6) is 0. The van der Waals surface area contributed by atoms with E-state index in [4.69, 9.17) is 4.42 Å². The predicted octanol–water partition coefficient (Wildman–Crippen LogP) is 0.826. The lowest BCUT2D eigenvalue weighted by Crippen LogP contribution is -2.48. The highest BCUT2D eigenvalue weighted by molar-refractivity contribution is 5.05. The number of furan rings is 1. The zero-order valence-electron chi connectivity index (χ0n) is 9.78. The van der Waals surface area contributed by atoms with E-state index in [1.165, 1.54) is 0 Å². The summed E-state index contributed by atoms with van der Waals surface area (Å²) in [7, 11) is 2.03. The van der Waals surface area contributed by atoms with Crippen LogP contribution in [0.1, 0.15) is 18.4 Å². The van der Waals surface area contributed by atoms with E-state index in [2.05, 4.69) is 10.2 Å². The molecule has 1 aromatic rings. The number of nitrogens with one attached hydrogen (secondary N) is 1. The van der Waals surface area contributed by atoms with Gasteiger partial charge in [-0.05, 0) is 39.0 Å². The Hall–Kier alpha value is -0.840. The summed E-state index contributed by atoms with van der Waals surface area (Å²) in [5, 5.41) is 13.6. The molecular weight excluding hydrogens is 204 g/mol. The number of hydrogen-bond donors (Lipinski definition) is 2. The Morgan fingerprint density at radius 3 is 2.88 bits per heavy atom. The summed E-state index contributed by atoms with van der Waals surface area (Å²) in [4.78, 5) is 2.15. The van der Waals surface area contributed by atoms with Crippen molar-refractivity contribution in [1.29, 1.82) is 0 Å². The molecule has 1 fully saturated rings. The highest BCUT2D eigenvalue weighted by atomic mass is 16.3. The first kappa shape index (κ1) is 11.6. The number of nitrogens with zero attached hydrogens (tertiary/aromatic N) is 1. The van der Waals surface area contributed by atoms with Gasteiger partial charge in [-0.1, -0.05) is 0 Å². The maximum absolute atomic E-state index is 10.4. The van der Waals surface area contributed by atoms with E-state index >= 15 is 0 Å². The zero-order valence-corrected chi connectivity index (χ0v) is 9.78. The van der Waals surface area contributed by atoms with Gasteiger partial charge in [-0.3, -0.25) is 4.90 Å². The van der Waals surface area contributed by atoms with Gasteiger partial charge in [0.15, 0.2) is 0 Å². The van der Waals surface area contributed by atoms with Crippen molar-refractivity contribution in [3.8, 4) is 0 Å². The van der Waals surface area contributed by atoms with Gasteiger partial charge in [0.25, 0.3) is 0 Å². The van der Waals surface area contributed by atoms with Gasteiger partial charge in [-0.15, -0.1) is 0 Å². The molecular formula is C12H20N2O2. The van der Waals surface area contributed by atoms with E-state index in [1.54, 1.807) is 12.5 Å². The lowest BCUT2D eigenvalue weighted by atomic mass is 9.92. The Bertz CT molecular complexity index is 305. The van der Waals surface area contributed by atoms with Crippen LogP contribution in [-0.2, 0) is 6.54 Å². The number of piperidine rings is 1. The molecule has 4 nitrogen and oxygen atoms in total. The quantitative estimate of drug-likeness (QED) is 0.795. The van der Waals surface area contributed by atoms with Crippen LogP contribution in [0.4, 0.5) is 0 Å². The third kappa shape index (κ3) is 3.07. The van der Waals surface area contributed by atoms with Gasteiger partial charge in [-0.2, -0.15) is 0 Å². The van der Waals surface area contributed by atoms with Crippen molar-refractivity contribution in [3.63, 3.8) is 0 Å². The van der Waals surface area contributed by atoms with Crippen molar-refractivity contribution in [2.24, 2.45) is 0 Å². The molecule has 2 N–H and O–H groups in total. The highest BCUT2D eigenvalue weighted by Gasteiger charge is 2.30. The van der Waals surface area contributed by atoms with Gasteiger partial charge >= 0.3 is 0 Å². The second kappa shape index (κ2) is 4.99. The summed E-state index contributed by atoms with van der Waals surface area (Å²) in [6, 6.07) is 1.96. The fourth-order valence-electron chi connectivity index (χ4n) is 2.30. The lowest BCUT2D eigenvalue weighted by Gasteiger charge is -2.35. The molecule has 0 atom stereocenters. The third-order valence-electron chi connectivity index (χ3n) is 3.13. The molecule has 1 aliphatic heterocycles. The zero-order chi connectivity index (χ0) is 11.4. The van der Waals surface area contributed by atoms with Gasteiger partial charge in [-0.25, -0.2) is 0 Å². The number of aliphatic hydroxyl groups is 1. The Kier molecular flexibility index (Phi) is 3.63. The molecule has 0 spiro atoms. The van der Waals surface area contributed by atoms with Gasteiger partial charge in [0.2, 0.25) is 0 Å². The van der Waals surface area contributed by atoms with Crippen LogP contribution >= 0.6 is 0 Å². The van der Waals surface area contributed by atoms with E-state index in [0.29, 0.717) is 0 Å². The van der Waals surface area contributed by atoms with Crippen molar-refractivity contribution >= 4 is 0 Å². The summed E-state index contributed by atoms with van der Waals surface area (Å²) >= 11 is 0. The minimum absolute atomic E-state index is 0.524. The lowest BCUT2D eigenvalue weighted by molar-refractivity contribution is -0.0168. The van der Waals surface area contributed by atoms with Gasteiger partial charge < -0.3 is 14.8 Å². The average Bonchev–Trinajstić information content (AvgIpc) is 2.70. The van der Waals surface area contributed by atoms with E-state index in [1.807, 2.05) is 13.1 Å². The molecule has 2 heterocycles. The second-order valence-electron chi connectivity index (χ2n) is 4.78. The van der Waals surface area contributed by atoms with E-state index in [-0.39, 0.29) is 0 Å². The molecule has 1 aliphatic rings. The number of hydrogen-bond acceptors (Lipinski definition) is 4. The first-order valence-electron chi connectivity index (χ1n) is 5.81. The third-order valence-corrected chi connectivity index (χ3v) is 3.13. The SMILES string of the molecule is CN(Cc1ccoc1)CC1(O)CCNCC1. The van der Waals surface area contributed by atoms with E-state index in [9.17, 15) is 5.11 Å². The van der Waals surface area contributed by atoms with Gasteiger partial charge in [0.05, 0.1) is 18.1 Å². The first-order valence-corrected chi connectivity index (χ1v) is 5.81. The smallest absolute Gasteiger partial charge is 0.0947 e. The average molecular weight is 224 g/mol. The highest BCUT2D eigenvalue weighted by Crippen LogP contribution is 2.19. The molecule has 4 heteroatoms. The van der Waals surface area contributed by atoms with Crippen LogP contribution in [0.3, 0.4) is 0 Å². The second-order valence-corrected chi connectivity index (χ2v) is 4.78. The topological polar surface area (TPSA) is 48.6 Å². The molecule has 1 saturated heterocycles. The molecule has 1 aromatic heterocycles. The van der Waals surface area contributed by atoms with Crippen molar-refractivity contribution in [1.82, 2.24) is 10.2 Å². The van der Waals surface area contributed by atoms with Crippen LogP contribution in [0.5, 0.6) is 0 Å². The first-order chi connectivity index (χ1) is 7.68. The number of rotatable bonds is 4. The molecule has 90 valence electrons. The van der Waals surface area contributed by atoms with Crippen molar-refractivity contribution < 1.29 is 9.52 Å². The predicted molar refractivity (Wildman–Crippen MR) is 62.1 cm³/mol. The largest absolute Gasteiger partial charge is 0.472 e. The molecule has 0 amide bonds. The fraction of sp³-hybridized carbons (Fsp3) is 0.667. The maximum Gasteiger partial charge on any atom is 0.0947 e. The summed E-state index contributed by atoms with van der Waals surface area (Å²) < 4.78 is 5.03. The molecule has 0 aliphatic carbocycles. The number of likely N-dealkylation sites (N-methyl/N-ethyl adjacent to an activating group) is 1. The molecule has 0 bridgehead atoms. The molecule has 0 aromatic carbocycles.